The van der Waals surface area contributed by atoms with E-state index in [-0.39, 0.29) is 73.9 Å². The van der Waals surface area contributed by atoms with Crippen LogP contribution in [0.3, 0.4) is 0 Å². The largest absolute Gasteiger partial charge is 1.00 e. The molecule has 0 amide bonds. The molecule has 0 saturated heterocycles. The number of aromatic carboxylic acids is 1. The molecule has 0 fully saturated rings. The number of hydrogen-bond acceptors (Lipinski definition) is 8. The quantitative estimate of drug-likeness (QED) is 0.153. The van der Waals surface area contributed by atoms with Crippen molar-refractivity contribution in [1.29, 1.82) is 0 Å². The second kappa shape index (κ2) is 19.7. The van der Waals surface area contributed by atoms with Crippen molar-refractivity contribution in [1.82, 2.24) is 0 Å². The van der Waals surface area contributed by atoms with E-state index in [9.17, 15) is 14.7 Å². The zero-order valence-corrected chi connectivity index (χ0v) is 39.1. The fourth-order valence-corrected chi connectivity index (χ4v) is 7.96. The average molecular weight is 974 g/mol. The second-order valence-electron chi connectivity index (χ2n) is 12.5. The first-order chi connectivity index (χ1) is 23.9. The molecule has 10 nitrogen and oxygen atoms in total. The first-order valence-electron chi connectivity index (χ1n) is 15.3. The molecule has 282 valence electrons. The monoisotopic (exact) mass is 970 g/mol. The Labute approximate surface area is 391 Å². The molecule has 54 heavy (non-hydrogen) atoms. The summed E-state index contributed by atoms with van der Waals surface area (Å²) < 4.78 is 6.22. The van der Waals surface area contributed by atoms with Crippen molar-refractivity contribution in [2.45, 2.75) is 51.7 Å². The van der Waals surface area contributed by atoms with Gasteiger partial charge in [-0.15, -0.1) is 0 Å². The van der Waals surface area contributed by atoms with Gasteiger partial charge >= 0.3 is 63.3 Å². The van der Waals surface area contributed by atoms with E-state index in [1.165, 1.54) is 7.11 Å². The molecule has 17 heteroatoms. The van der Waals surface area contributed by atoms with Gasteiger partial charge in [0.1, 0.15) is 0 Å². The second-order valence-corrected chi connectivity index (χ2v) is 15.9. The predicted molar refractivity (Wildman–Crippen MR) is 214 cm³/mol. The van der Waals surface area contributed by atoms with Gasteiger partial charge in [-0.2, -0.15) is 0 Å². The van der Waals surface area contributed by atoms with Crippen molar-refractivity contribution in [2.75, 3.05) is 7.11 Å². The number of carbonyl (C=O) groups is 2. The number of halogens is 6. The number of carbonyl (C=O) groups excluding carboxylic acids is 1. The van der Waals surface area contributed by atoms with Crippen molar-refractivity contribution in [3.05, 3.63) is 134 Å². The molecule has 0 spiro atoms. The molecule has 0 saturated carbocycles. The fourth-order valence-electron chi connectivity index (χ4n) is 5.76. The van der Waals surface area contributed by atoms with Crippen LogP contribution < -0.4 is 51.4 Å². The van der Waals surface area contributed by atoms with E-state index in [1.54, 1.807) is 49.4 Å². The molecular formula is C37H33Br2Cl4KN2O8. The number of esters is 1. The van der Waals surface area contributed by atoms with Crippen molar-refractivity contribution < 1.29 is 91.4 Å². The van der Waals surface area contributed by atoms with Gasteiger partial charge in [-0.25, -0.2) is 9.59 Å². The molecule has 0 radical (unpaired) electrons. The number of oxime groups is 2. The van der Waals surface area contributed by atoms with E-state index in [0.29, 0.717) is 48.5 Å². The maximum absolute atomic E-state index is 11.8. The smallest absolute Gasteiger partial charge is 0.870 e. The van der Waals surface area contributed by atoms with Crippen LogP contribution in [0.1, 0.15) is 80.8 Å². The van der Waals surface area contributed by atoms with Crippen molar-refractivity contribution >= 4 is 102 Å². The van der Waals surface area contributed by atoms with Crippen LogP contribution in [0.5, 0.6) is 0 Å². The molecule has 0 aromatic heterocycles. The zero-order valence-electron chi connectivity index (χ0n) is 29.8. The summed E-state index contributed by atoms with van der Waals surface area (Å²) in [5.74, 6) is -1.34. The summed E-state index contributed by atoms with van der Waals surface area (Å²) in [5.41, 5.74) is 5.72. The summed E-state index contributed by atoms with van der Waals surface area (Å²) in [7, 11) is 1.36. The van der Waals surface area contributed by atoms with Crippen molar-refractivity contribution in [3.63, 3.8) is 0 Å². The van der Waals surface area contributed by atoms with Crippen LogP contribution in [0, 0.1) is 13.8 Å². The van der Waals surface area contributed by atoms with E-state index in [2.05, 4.69) is 42.2 Å². The van der Waals surface area contributed by atoms with Gasteiger partial charge in [0.15, 0.2) is 11.2 Å². The molecule has 0 bridgehead atoms. The van der Waals surface area contributed by atoms with E-state index >= 15 is 0 Å². The Hall–Kier alpha value is -1.56. The molecule has 4 aromatic rings. The third kappa shape index (κ3) is 10.9. The van der Waals surface area contributed by atoms with Crippen LogP contribution in [0.25, 0.3) is 0 Å². The summed E-state index contributed by atoms with van der Waals surface area (Å²) in [6, 6.07) is 17.6. The first-order valence-corrected chi connectivity index (χ1v) is 18.4. The van der Waals surface area contributed by atoms with E-state index in [4.69, 9.17) is 60.8 Å². The summed E-state index contributed by atoms with van der Waals surface area (Å²) in [5, 5.41) is 19.9. The molecule has 2 unspecified atom stereocenters. The number of benzene rings is 4. The van der Waals surface area contributed by atoms with Crippen molar-refractivity contribution in [2.24, 2.45) is 10.3 Å². The van der Waals surface area contributed by atoms with Gasteiger partial charge in [0.05, 0.1) is 29.7 Å². The minimum absolute atomic E-state index is 0. The first kappa shape index (κ1) is 48.6. The molecule has 0 aliphatic carbocycles. The Morgan fingerprint density at radius 3 is 1.41 bits per heavy atom. The minimum atomic E-state index is -0.965. The van der Waals surface area contributed by atoms with Crippen LogP contribution in [0.4, 0.5) is 0 Å². The number of carboxylic acids is 1. The molecular weight excluding hydrogens is 941 g/mol. The van der Waals surface area contributed by atoms with Gasteiger partial charge in [-0.3, -0.25) is 0 Å². The average Bonchev–Trinajstić information content (AvgIpc) is 3.66. The van der Waals surface area contributed by atoms with Gasteiger partial charge in [0.25, 0.3) is 0 Å². The Morgan fingerprint density at radius 1 is 0.704 bits per heavy atom. The van der Waals surface area contributed by atoms with Gasteiger partial charge < -0.3 is 30.5 Å². The molecule has 2 heterocycles. The molecule has 6 rings (SSSR count). The van der Waals surface area contributed by atoms with Crippen LogP contribution in [0.15, 0.2) is 79.9 Å². The van der Waals surface area contributed by atoms with Gasteiger partial charge in [0, 0.05) is 64.1 Å². The van der Waals surface area contributed by atoms with Crippen LogP contribution in [-0.2, 0) is 25.6 Å². The molecule has 4 N–H and O–H groups in total. The van der Waals surface area contributed by atoms with E-state index < -0.39 is 17.2 Å². The summed E-state index contributed by atoms with van der Waals surface area (Å²) in [6.45, 7) is 7.47. The molecule has 4 aromatic carbocycles. The summed E-state index contributed by atoms with van der Waals surface area (Å²) in [6.07, 6.45) is 1.05. The normalized spacial score (nSPS) is 18.2. The molecule has 2 aliphatic rings. The summed E-state index contributed by atoms with van der Waals surface area (Å²) >= 11 is 31.4. The van der Waals surface area contributed by atoms with Crippen LogP contribution in [0.2, 0.25) is 20.1 Å². The van der Waals surface area contributed by atoms with E-state index in [0.717, 1.165) is 43.7 Å². The standard InChI is InChI=1S/C19H16BrCl2NO3.C18H14BrCl2NO3.K.2H2O/c1-10-4-15(16(20)8-14(10)18(24)25-3)17-9-19(2,26-23-17)11-5-12(21)7-13(22)6-11;1-9-3-14(15(19)7-13(9)17(23)24)16-8-18(2,25-22-16)10-4-11(20)6-12(21)5-10;;;/h4-8H,9H2,1-3H3;3-7H,8H2,1-2H3,(H,23,24);;2*1H2/q;;+1;;/p-1. The molecule has 2 aliphatic heterocycles. The summed E-state index contributed by atoms with van der Waals surface area (Å²) in [4.78, 5) is 34.6. The predicted octanol–water partition coefficient (Wildman–Crippen LogP) is 7.70. The Balaban J connectivity index is 0.000000354. The minimum Gasteiger partial charge on any atom is -0.870 e. The Bertz CT molecular complexity index is 2120. The number of nitrogens with zero attached hydrogens (tertiary/aromatic N) is 2. The SMILES string of the molecule is COC(=O)c1cc(Br)c(C2=NOC(C)(c3cc(Cl)cc(Cl)c3)C2)cc1C.Cc1cc(C2=NOC(C)(c3cc(Cl)cc(Cl)c3)C2)c(Br)cc1C(=O)O.O.[K+].[OH-]. The fraction of sp³-hybridized carbons (Fsp3) is 0.243. The number of hydrogen-bond donors (Lipinski definition) is 1. The Morgan fingerprint density at radius 2 is 1.06 bits per heavy atom. The van der Waals surface area contributed by atoms with Crippen LogP contribution >= 0.6 is 78.3 Å². The van der Waals surface area contributed by atoms with Gasteiger partial charge in [0.2, 0.25) is 0 Å². The topological polar surface area (TPSA) is 168 Å². The number of methoxy groups -OCH3 is 1. The maximum atomic E-state index is 11.8. The number of rotatable bonds is 6. The third-order valence-corrected chi connectivity index (χ3v) is 10.7. The Kier molecular flexibility index (Phi) is 17.8. The van der Waals surface area contributed by atoms with Crippen LogP contribution in [-0.4, -0.2) is 46.5 Å². The maximum Gasteiger partial charge on any atom is 1.00 e. The van der Waals surface area contributed by atoms with Crippen molar-refractivity contribution in [3.8, 4) is 0 Å². The van der Waals surface area contributed by atoms with E-state index in [1.807, 2.05) is 39.0 Å². The van der Waals surface area contributed by atoms with Gasteiger partial charge in [-0.1, -0.05) is 88.6 Å². The number of ether oxygens (including phenoxy) is 1. The van der Waals surface area contributed by atoms with Gasteiger partial charge in [-0.05, 0) is 99.5 Å². The number of carboxylic acid groups (broad SMARTS) is 1. The number of aryl methyl sites for hydroxylation is 2. The molecule has 2 atom stereocenters. The zero-order chi connectivity index (χ0) is 37.4. The third-order valence-electron chi connectivity index (χ3n) is 8.56.